The Morgan fingerprint density at radius 3 is 2.58 bits per heavy atom. The predicted molar refractivity (Wildman–Crippen MR) is 114 cm³/mol. The number of aryl methyl sites for hydroxylation is 2. The highest BCUT2D eigenvalue weighted by Crippen LogP contribution is 2.34. The van der Waals surface area contributed by atoms with E-state index in [2.05, 4.69) is 87.2 Å². The summed E-state index contributed by atoms with van der Waals surface area (Å²) in [7, 11) is 2.19. The highest BCUT2D eigenvalue weighted by Gasteiger charge is 2.21. The normalized spacial score (nSPS) is 12.8. The van der Waals surface area contributed by atoms with Crippen LogP contribution in [0.3, 0.4) is 0 Å². The van der Waals surface area contributed by atoms with Crippen LogP contribution in [0.15, 0.2) is 47.8 Å². The summed E-state index contributed by atoms with van der Waals surface area (Å²) in [5.41, 5.74) is 6.73. The average Bonchev–Trinajstić information content (AvgIpc) is 3.08. The lowest BCUT2D eigenvalue weighted by atomic mass is 9.93. The van der Waals surface area contributed by atoms with Gasteiger partial charge in [0.15, 0.2) is 5.69 Å². The topological polar surface area (TPSA) is 3.88 Å². The molecule has 26 heavy (non-hydrogen) atoms. The van der Waals surface area contributed by atoms with Gasteiger partial charge in [-0.3, -0.25) is 0 Å². The maximum Gasteiger partial charge on any atom is 0.220 e. The van der Waals surface area contributed by atoms with Gasteiger partial charge in [-0.25, -0.2) is 0 Å². The lowest BCUT2D eigenvalue weighted by Gasteiger charge is -2.13. The number of hydrogen-bond donors (Lipinski definition) is 0. The van der Waals surface area contributed by atoms with Crippen molar-refractivity contribution < 1.29 is 4.57 Å². The lowest BCUT2D eigenvalue weighted by Crippen LogP contribution is -2.35. The average molecular weight is 361 g/mol. The molecule has 2 heterocycles. The fraction of sp³-hybridized carbons (Fsp3) is 0.292. The van der Waals surface area contributed by atoms with E-state index in [0.717, 1.165) is 0 Å². The molecule has 0 aliphatic rings. The van der Waals surface area contributed by atoms with E-state index in [1.807, 2.05) is 11.3 Å². The summed E-state index contributed by atoms with van der Waals surface area (Å²) in [6.07, 6.45) is 1.17. The van der Waals surface area contributed by atoms with Crippen molar-refractivity contribution in [3.05, 3.63) is 64.7 Å². The zero-order valence-electron chi connectivity index (χ0n) is 16.3. The van der Waals surface area contributed by atoms with Gasteiger partial charge >= 0.3 is 0 Å². The van der Waals surface area contributed by atoms with Gasteiger partial charge < -0.3 is 0 Å². The Kier molecular flexibility index (Phi) is 4.32. The molecule has 0 saturated heterocycles. The van der Waals surface area contributed by atoms with E-state index >= 15 is 0 Å². The van der Waals surface area contributed by atoms with Crippen molar-refractivity contribution in [3.8, 4) is 11.3 Å². The Morgan fingerprint density at radius 1 is 1.00 bits per heavy atom. The molecule has 2 aromatic heterocycles. The molecular formula is C24H26NS+. The van der Waals surface area contributed by atoms with Gasteiger partial charge in [0.2, 0.25) is 5.69 Å². The number of fused-ring (bicyclic) bond motifs is 2. The van der Waals surface area contributed by atoms with Gasteiger partial charge in [0.1, 0.15) is 7.05 Å². The lowest BCUT2D eigenvalue weighted by molar-refractivity contribution is -0.665. The van der Waals surface area contributed by atoms with Crippen LogP contribution in [0.25, 0.3) is 32.1 Å². The predicted octanol–water partition coefficient (Wildman–Crippen LogP) is 6.68. The highest BCUT2D eigenvalue weighted by atomic mass is 32.1. The smallest absolute Gasteiger partial charge is 0.198 e. The van der Waals surface area contributed by atoms with Gasteiger partial charge in [0.05, 0.1) is 10.9 Å². The van der Waals surface area contributed by atoms with Crippen molar-refractivity contribution in [2.45, 2.75) is 40.0 Å². The number of rotatable bonds is 3. The van der Waals surface area contributed by atoms with Crippen molar-refractivity contribution in [2.24, 2.45) is 7.05 Å². The van der Waals surface area contributed by atoms with Crippen LogP contribution in [0.1, 0.15) is 43.0 Å². The summed E-state index contributed by atoms with van der Waals surface area (Å²) in [5.74, 6) is 0.598. The van der Waals surface area contributed by atoms with Crippen molar-refractivity contribution >= 4 is 32.2 Å². The first kappa shape index (κ1) is 17.2. The van der Waals surface area contributed by atoms with Gasteiger partial charge in [-0.2, -0.15) is 4.57 Å². The first-order valence-corrected chi connectivity index (χ1v) is 10.3. The van der Waals surface area contributed by atoms with Gasteiger partial charge in [0.25, 0.3) is 0 Å². The van der Waals surface area contributed by atoms with Crippen LogP contribution in [-0.2, 0) is 7.05 Å². The minimum absolute atomic E-state index is 0.598. The molecule has 0 radical (unpaired) electrons. The molecule has 0 aliphatic heterocycles. The van der Waals surface area contributed by atoms with Gasteiger partial charge in [-0.05, 0) is 70.8 Å². The molecule has 0 saturated carbocycles. The van der Waals surface area contributed by atoms with E-state index in [9.17, 15) is 0 Å². The molecule has 132 valence electrons. The molecule has 1 atom stereocenters. The van der Waals surface area contributed by atoms with Crippen LogP contribution in [0.5, 0.6) is 0 Å². The Morgan fingerprint density at radius 2 is 1.81 bits per heavy atom. The maximum atomic E-state index is 2.39. The SMILES string of the molecule is CCC(C)c1ccc2c(-c3cc4sccc4cc3C)[n+](C)c(C)cc2c1. The van der Waals surface area contributed by atoms with Gasteiger partial charge in [-0.1, -0.05) is 26.0 Å². The highest BCUT2D eigenvalue weighted by molar-refractivity contribution is 7.17. The first-order valence-electron chi connectivity index (χ1n) is 9.41. The van der Waals surface area contributed by atoms with Crippen LogP contribution in [0.2, 0.25) is 0 Å². The van der Waals surface area contributed by atoms with E-state index in [1.54, 1.807) is 0 Å². The molecule has 0 spiro atoms. The van der Waals surface area contributed by atoms with Gasteiger partial charge in [0, 0.05) is 17.7 Å². The first-order chi connectivity index (χ1) is 12.5. The third kappa shape index (κ3) is 2.73. The molecule has 2 aromatic carbocycles. The zero-order chi connectivity index (χ0) is 18.4. The second-order valence-corrected chi connectivity index (χ2v) is 8.42. The minimum atomic E-state index is 0.598. The van der Waals surface area contributed by atoms with Gasteiger partial charge in [-0.15, -0.1) is 11.3 Å². The van der Waals surface area contributed by atoms with Crippen molar-refractivity contribution in [2.75, 3.05) is 0 Å². The van der Waals surface area contributed by atoms with Crippen LogP contribution >= 0.6 is 11.3 Å². The molecule has 0 amide bonds. The zero-order valence-corrected chi connectivity index (χ0v) is 17.1. The summed E-state index contributed by atoms with van der Waals surface area (Å²) in [4.78, 5) is 0. The fourth-order valence-electron chi connectivity index (χ4n) is 3.84. The Bertz CT molecular complexity index is 1120. The van der Waals surface area contributed by atoms with Crippen molar-refractivity contribution in [1.82, 2.24) is 0 Å². The van der Waals surface area contributed by atoms with Crippen molar-refractivity contribution in [3.63, 3.8) is 0 Å². The van der Waals surface area contributed by atoms with Crippen molar-refractivity contribution in [1.29, 1.82) is 0 Å². The molecule has 0 fully saturated rings. The second-order valence-electron chi connectivity index (χ2n) is 7.47. The summed E-state index contributed by atoms with van der Waals surface area (Å²) >= 11 is 1.82. The molecule has 2 heteroatoms. The number of pyridine rings is 1. The third-order valence-electron chi connectivity index (χ3n) is 5.80. The standard InChI is InChI=1S/C24H26NS/c1-6-15(2)18-7-8-21-20(13-18)12-17(4)25(5)24(21)22-14-23-19(9-10-26-23)11-16(22)3/h7-15H,6H2,1-5H3/q+1. The maximum absolute atomic E-state index is 2.39. The minimum Gasteiger partial charge on any atom is -0.198 e. The van der Waals surface area contributed by atoms with Crippen LogP contribution in [0, 0.1) is 13.8 Å². The molecule has 0 N–H and O–H groups in total. The number of hydrogen-bond acceptors (Lipinski definition) is 1. The van der Waals surface area contributed by atoms with E-state index in [1.165, 1.54) is 55.4 Å². The molecule has 1 nitrogen and oxygen atoms in total. The van der Waals surface area contributed by atoms with E-state index in [4.69, 9.17) is 0 Å². The van der Waals surface area contributed by atoms with Crippen LogP contribution < -0.4 is 4.57 Å². The summed E-state index contributed by atoms with van der Waals surface area (Å²) < 4.78 is 3.70. The Hall–Kier alpha value is -2.19. The molecule has 4 aromatic rings. The Labute approximate surface area is 159 Å². The molecule has 0 bridgehead atoms. The summed E-state index contributed by atoms with van der Waals surface area (Å²) in [6, 6.07) is 16.2. The number of thiophene rings is 1. The number of benzene rings is 2. The van der Waals surface area contributed by atoms with E-state index in [-0.39, 0.29) is 0 Å². The van der Waals surface area contributed by atoms with E-state index < -0.39 is 0 Å². The monoisotopic (exact) mass is 360 g/mol. The van der Waals surface area contributed by atoms with Crippen LogP contribution in [0.4, 0.5) is 0 Å². The Balaban J connectivity index is 2.03. The van der Waals surface area contributed by atoms with Crippen LogP contribution in [-0.4, -0.2) is 0 Å². The second kappa shape index (κ2) is 6.51. The molecule has 1 unspecified atom stereocenters. The molecular weight excluding hydrogens is 334 g/mol. The molecule has 4 rings (SSSR count). The summed E-state index contributed by atoms with van der Waals surface area (Å²) in [5, 5.41) is 6.21. The largest absolute Gasteiger partial charge is 0.220 e. The fourth-order valence-corrected chi connectivity index (χ4v) is 4.65. The summed E-state index contributed by atoms with van der Waals surface area (Å²) in [6.45, 7) is 9.01. The number of aromatic nitrogens is 1. The third-order valence-corrected chi connectivity index (χ3v) is 6.68. The van der Waals surface area contributed by atoms with E-state index in [0.29, 0.717) is 5.92 Å². The number of nitrogens with zero attached hydrogens (tertiary/aromatic N) is 1. The molecule has 0 aliphatic carbocycles. The quantitative estimate of drug-likeness (QED) is 0.359.